The number of benzene rings is 1. The van der Waals surface area contributed by atoms with Gasteiger partial charge in [0.2, 0.25) is 0 Å². The highest BCUT2D eigenvalue weighted by Gasteiger charge is 2.13. The van der Waals surface area contributed by atoms with E-state index < -0.39 is 11.9 Å². The Morgan fingerprint density at radius 1 is 1.57 bits per heavy atom. The lowest BCUT2D eigenvalue weighted by molar-refractivity contribution is 0.176. The fourth-order valence-corrected chi connectivity index (χ4v) is 1.48. The molecule has 1 rings (SSSR count). The molecule has 0 amide bonds. The van der Waals surface area contributed by atoms with Gasteiger partial charge in [0, 0.05) is 23.3 Å². The first-order valence-electron chi connectivity index (χ1n) is 4.21. The summed E-state index contributed by atoms with van der Waals surface area (Å²) in [5.74, 6) is -0.453. The molecule has 0 saturated heterocycles. The van der Waals surface area contributed by atoms with E-state index >= 15 is 0 Å². The first kappa shape index (κ1) is 11.4. The maximum atomic E-state index is 13.6. The van der Waals surface area contributed by atoms with Gasteiger partial charge in [-0.05, 0) is 19.1 Å². The van der Waals surface area contributed by atoms with Gasteiger partial charge in [-0.15, -0.1) is 0 Å². The lowest BCUT2D eigenvalue weighted by Crippen LogP contribution is -2.01. The fraction of sp³-hybridized carbons (Fsp3) is 0.400. The van der Waals surface area contributed by atoms with Crippen LogP contribution in [0, 0.1) is 5.82 Å². The molecule has 1 atom stereocenters. The highest BCUT2D eigenvalue weighted by atomic mass is 35.5. The third-order valence-electron chi connectivity index (χ3n) is 1.89. The van der Waals surface area contributed by atoms with Crippen LogP contribution in [0.25, 0.3) is 0 Å². The minimum absolute atomic E-state index is 0.145. The summed E-state index contributed by atoms with van der Waals surface area (Å²) in [6.07, 6.45) is -0.871. The van der Waals surface area contributed by atoms with Crippen LogP contribution in [-0.2, 0) is 11.3 Å². The van der Waals surface area contributed by atoms with Crippen molar-refractivity contribution in [1.82, 2.24) is 0 Å². The second-order valence-electron chi connectivity index (χ2n) is 3.08. The SMILES string of the molecule is COCc1cc(Cl)cc(C(C)O)c1F. The van der Waals surface area contributed by atoms with Gasteiger partial charge in [-0.1, -0.05) is 11.6 Å². The van der Waals surface area contributed by atoms with Gasteiger partial charge in [0.05, 0.1) is 12.7 Å². The predicted octanol–water partition coefficient (Wildman–Crippen LogP) is 2.68. The monoisotopic (exact) mass is 218 g/mol. The number of hydrogen-bond acceptors (Lipinski definition) is 2. The van der Waals surface area contributed by atoms with Crippen LogP contribution in [0.15, 0.2) is 12.1 Å². The molecule has 0 aromatic heterocycles. The van der Waals surface area contributed by atoms with Gasteiger partial charge in [-0.25, -0.2) is 4.39 Å². The average Bonchev–Trinajstić information content (AvgIpc) is 2.10. The van der Waals surface area contributed by atoms with Crippen LogP contribution in [0.3, 0.4) is 0 Å². The molecule has 0 heterocycles. The van der Waals surface area contributed by atoms with Crippen molar-refractivity contribution in [3.8, 4) is 0 Å². The molecule has 2 nitrogen and oxygen atoms in total. The van der Waals surface area contributed by atoms with Gasteiger partial charge < -0.3 is 9.84 Å². The third-order valence-corrected chi connectivity index (χ3v) is 2.11. The van der Waals surface area contributed by atoms with Gasteiger partial charge in [-0.2, -0.15) is 0 Å². The lowest BCUT2D eigenvalue weighted by atomic mass is 10.1. The number of methoxy groups -OCH3 is 1. The summed E-state index contributed by atoms with van der Waals surface area (Å²) < 4.78 is 18.4. The van der Waals surface area contributed by atoms with E-state index in [-0.39, 0.29) is 12.2 Å². The van der Waals surface area contributed by atoms with Crippen molar-refractivity contribution < 1.29 is 14.2 Å². The Bertz CT molecular complexity index is 326. The van der Waals surface area contributed by atoms with Crippen LogP contribution in [0.1, 0.15) is 24.2 Å². The van der Waals surface area contributed by atoms with Crippen LogP contribution >= 0.6 is 11.6 Å². The minimum Gasteiger partial charge on any atom is -0.389 e. The van der Waals surface area contributed by atoms with Gasteiger partial charge in [0.15, 0.2) is 0 Å². The number of rotatable bonds is 3. The van der Waals surface area contributed by atoms with Gasteiger partial charge in [-0.3, -0.25) is 0 Å². The molecule has 0 fully saturated rings. The van der Waals surface area contributed by atoms with E-state index in [0.717, 1.165) is 0 Å². The minimum atomic E-state index is -0.871. The number of hydrogen-bond donors (Lipinski definition) is 1. The molecule has 14 heavy (non-hydrogen) atoms. The molecule has 0 radical (unpaired) electrons. The van der Waals surface area contributed by atoms with Crippen molar-refractivity contribution >= 4 is 11.6 Å². The smallest absolute Gasteiger partial charge is 0.134 e. The maximum absolute atomic E-state index is 13.6. The molecule has 0 aliphatic carbocycles. The second kappa shape index (κ2) is 4.73. The van der Waals surface area contributed by atoms with E-state index in [1.54, 1.807) is 0 Å². The zero-order valence-electron chi connectivity index (χ0n) is 8.05. The van der Waals surface area contributed by atoms with Crippen LogP contribution in [-0.4, -0.2) is 12.2 Å². The number of aliphatic hydroxyl groups excluding tert-OH is 1. The largest absolute Gasteiger partial charge is 0.389 e. The van der Waals surface area contributed by atoms with E-state index in [4.69, 9.17) is 16.3 Å². The Morgan fingerprint density at radius 3 is 2.71 bits per heavy atom. The lowest BCUT2D eigenvalue weighted by Gasteiger charge is -2.10. The quantitative estimate of drug-likeness (QED) is 0.845. The molecule has 1 aromatic rings. The molecular weight excluding hydrogens is 207 g/mol. The van der Waals surface area contributed by atoms with E-state index in [2.05, 4.69) is 0 Å². The van der Waals surface area contributed by atoms with Crippen molar-refractivity contribution in [2.24, 2.45) is 0 Å². The van der Waals surface area contributed by atoms with E-state index in [1.165, 1.54) is 26.2 Å². The summed E-state index contributed by atoms with van der Waals surface area (Å²) >= 11 is 5.77. The Labute approximate surface area is 87.3 Å². The van der Waals surface area contributed by atoms with Crippen molar-refractivity contribution in [3.05, 3.63) is 34.1 Å². The highest BCUT2D eigenvalue weighted by molar-refractivity contribution is 6.30. The normalized spacial score (nSPS) is 12.9. The maximum Gasteiger partial charge on any atom is 0.134 e. The topological polar surface area (TPSA) is 29.5 Å². The predicted molar refractivity (Wildman–Crippen MR) is 52.8 cm³/mol. The van der Waals surface area contributed by atoms with Crippen LogP contribution in [0.4, 0.5) is 4.39 Å². The van der Waals surface area contributed by atoms with Crippen molar-refractivity contribution in [2.75, 3.05) is 7.11 Å². The second-order valence-corrected chi connectivity index (χ2v) is 3.51. The third kappa shape index (κ3) is 2.44. The van der Waals surface area contributed by atoms with Crippen molar-refractivity contribution in [2.45, 2.75) is 19.6 Å². The Balaban J connectivity index is 3.18. The molecule has 0 aliphatic rings. The van der Waals surface area contributed by atoms with Gasteiger partial charge in [0.1, 0.15) is 5.82 Å². The van der Waals surface area contributed by atoms with Crippen molar-refractivity contribution in [1.29, 1.82) is 0 Å². The van der Waals surface area contributed by atoms with E-state index in [9.17, 15) is 9.50 Å². The first-order chi connectivity index (χ1) is 6.56. The summed E-state index contributed by atoms with van der Waals surface area (Å²) in [6, 6.07) is 2.91. The zero-order chi connectivity index (χ0) is 10.7. The molecule has 0 saturated carbocycles. The fourth-order valence-electron chi connectivity index (χ4n) is 1.23. The van der Waals surface area contributed by atoms with Gasteiger partial charge >= 0.3 is 0 Å². The Kier molecular flexibility index (Phi) is 3.86. The number of halogens is 2. The molecule has 0 spiro atoms. The van der Waals surface area contributed by atoms with Crippen LogP contribution < -0.4 is 0 Å². The summed E-state index contributed by atoms with van der Waals surface area (Å²) in [5.41, 5.74) is 0.556. The summed E-state index contributed by atoms with van der Waals surface area (Å²) in [7, 11) is 1.47. The van der Waals surface area contributed by atoms with Gasteiger partial charge in [0.25, 0.3) is 0 Å². The molecule has 0 bridgehead atoms. The van der Waals surface area contributed by atoms with E-state index in [0.29, 0.717) is 10.6 Å². The highest BCUT2D eigenvalue weighted by Crippen LogP contribution is 2.25. The molecule has 4 heteroatoms. The Hall–Kier alpha value is -0.640. The van der Waals surface area contributed by atoms with Crippen molar-refractivity contribution in [3.63, 3.8) is 0 Å². The van der Waals surface area contributed by atoms with Crippen LogP contribution in [0.5, 0.6) is 0 Å². The first-order valence-corrected chi connectivity index (χ1v) is 4.59. The average molecular weight is 219 g/mol. The summed E-state index contributed by atoms with van der Waals surface area (Å²) in [4.78, 5) is 0. The molecule has 1 aromatic carbocycles. The molecule has 78 valence electrons. The summed E-state index contributed by atoms with van der Waals surface area (Å²) in [5, 5.41) is 9.68. The molecule has 0 aliphatic heterocycles. The van der Waals surface area contributed by atoms with Crippen LogP contribution in [0.2, 0.25) is 5.02 Å². The molecule has 1 N–H and O–H groups in total. The number of ether oxygens (including phenoxy) is 1. The standard InChI is InChI=1S/C10H12ClFO2/c1-6(13)9-4-8(11)3-7(5-14-2)10(9)12/h3-4,6,13H,5H2,1-2H3. The Morgan fingerprint density at radius 2 is 2.21 bits per heavy atom. The zero-order valence-corrected chi connectivity index (χ0v) is 8.81. The molecule has 1 unspecified atom stereocenters. The summed E-state index contributed by atoms with van der Waals surface area (Å²) in [6.45, 7) is 1.64. The van der Waals surface area contributed by atoms with E-state index in [1.807, 2.05) is 0 Å². The molecular formula is C10H12ClFO2. The number of aliphatic hydroxyl groups is 1.